The van der Waals surface area contributed by atoms with Crippen molar-refractivity contribution in [3.8, 4) is 5.75 Å². The average Bonchev–Trinajstić information content (AvgIpc) is 3.40. The molecule has 48 heavy (non-hydrogen) atoms. The van der Waals surface area contributed by atoms with E-state index in [0.717, 1.165) is 27.6 Å². The van der Waals surface area contributed by atoms with Crippen molar-refractivity contribution < 1.29 is 28.7 Å². The number of allylic oxidation sites excluding steroid dienone is 2. The fourth-order valence-electron chi connectivity index (χ4n) is 7.68. The Kier molecular flexibility index (Phi) is 7.48. The second kappa shape index (κ2) is 11.2. The third kappa shape index (κ3) is 4.51. The van der Waals surface area contributed by atoms with Crippen molar-refractivity contribution in [2.45, 2.75) is 28.5 Å². The van der Waals surface area contributed by atoms with Gasteiger partial charge in [-0.05, 0) is 85.0 Å². The molecule has 6 atom stereocenters. The maximum absolute atomic E-state index is 14.7. The largest absolute Gasteiger partial charge is 0.505 e. The second-order valence-electron chi connectivity index (χ2n) is 12.8. The minimum absolute atomic E-state index is 0.160. The molecule has 4 amide bonds. The average molecular weight is 691 g/mol. The van der Waals surface area contributed by atoms with Gasteiger partial charge in [0.25, 0.3) is 11.8 Å². The number of amides is 4. The summed E-state index contributed by atoms with van der Waals surface area (Å²) in [5.41, 5.74) is 3.29. The standard InChI is InChI=1S/C35H30Cl2FN5O5/c1-41(2)21-9-5-19(6-10-21)39-40-20-7-11-22(12-8-20)43-30(45)24-14-13-23-25(28(24)31(43)46)17-34(36)32(47)42(3)33(48)35(34,37)29(23)18-4-15-27(44)26(38)16-18/h4-13,15-16,24-25,28-29,44H,14,17H2,1-3H3. The molecule has 6 unspecified atom stereocenters. The lowest BCUT2D eigenvalue weighted by Gasteiger charge is -2.50. The van der Waals surface area contributed by atoms with Crippen LogP contribution in [0.15, 0.2) is 88.6 Å². The van der Waals surface area contributed by atoms with Crippen LogP contribution in [0, 0.1) is 23.6 Å². The first-order valence-electron chi connectivity index (χ1n) is 15.3. The number of fused-ring (bicyclic) bond motifs is 4. The van der Waals surface area contributed by atoms with Crippen LogP contribution < -0.4 is 9.80 Å². The number of carbonyl (C=O) groups is 4. The number of benzene rings is 3. The zero-order chi connectivity index (χ0) is 34.3. The highest BCUT2D eigenvalue weighted by molar-refractivity contribution is 6.53. The SMILES string of the molecule is CN1C(=O)C2(Cl)CC3C(=CCC4C(=O)N(c5ccc(N=Nc6ccc(N(C)C)cc6)cc5)C(=O)C43)C(c3ccc(O)c(F)c3)C2(Cl)C1=O. The van der Waals surface area contributed by atoms with E-state index in [2.05, 4.69) is 10.2 Å². The Bertz CT molecular complexity index is 1950. The van der Waals surface area contributed by atoms with E-state index in [1.165, 1.54) is 13.1 Å². The summed E-state index contributed by atoms with van der Waals surface area (Å²) in [5, 5.41) is 18.4. The number of hydrogen-bond donors (Lipinski definition) is 1. The summed E-state index contributed by atoms with van der Waals surface area (Å²) in [7, 11) is 5.17. The first kappa shape index (κ1) is 32.0. The van der Waals surface area contributed by atoms with Crippen LogP contribution in [0.4, 0.5) is 27.1 Å². The van der Waals surface area contributed by atoms with Gasteiger partial charge in [0.1, 0.15) is 0 Å². The first-order chi connectivity index (χ1) is 22.8. The van der Waals surface area contributed by atoms with Crippen LogP contribution in [-0.2, 0) is 19.2 Å². The molecule has 13 heteroatoms. The normalized spacial score (nSPS) is 29.7. The Morgan fingerprint density at radius 2 is 1.50 bits per heavy atom. The fourth-order valence-corrected chi connectivity index (χ4v) is 8.70. The Morgan fingerprint density at radius 3 is 2.10 bits per heavy atom. The lowest BCUT2D eigenvalue weighted by molar-refractivity contribution is -0.138. The maximum Gasteiger partial charge on any atom is 0.253 e. The molecule has 4 aliphatic rings. The molecule has 3 aromatic carbocycles. The van der Waals surface area contributed by atoms with Crippen molar-refractivity contribution in [2.24, 2.45) is 28.0 Å². The highest BCUT2D eigenvalue weighted by Crippen LogP contribution is 2.65. The first-order valence-corrected chi connectivity index (χ1v) is 16.1. The van der Waals surface area contributed by atoms with Crippen molar-refractivity contribution in [1.29, 1.82) is 0 Å². The summed E-state index contributed by atoms with van der Waals surface area (Å²) in [6.45, 7) is 0. The Balaban J connectivity index is 1.21. The minimum atomic E-state index is -2.04. The molecule has 0 radical (unpaired) electrons. The van der Waals surface area contributed by atoms with Crippen molar-refractivity contribution >= 4 is 69.6 Å². The van der Waals surface area contributed by atoms with Crippen LogP contribution >= 0.6 is 23.2 Å². The lowest BCUT2D eigenvalue weighted by Crippen LogP contribution is -2.60. The number of phenolic OH excluding ortho intramolecular Hbond substituents is 1. The highest BCUT2D eigenvalue weighted by atomic mass is 35.5. The van der Waals surface area contributed by atoms with Gasteiger partial charge in [-0.2, -0.15) is 10.2 Å². The van der Waals surface area contributed by atoms with Crippen LogP contribution in [0.25, 0.3) is 0 Å². The zero-order valence-electron chi connectivity index (χ0n) is 26.1. The topological polar surface area (TPSA) is 123 Å². The quantitative estimate of drug-likeness (QED) is 0.147. The Labute approximate surface area is 285 Å². The molecular weight excluding hydrogens is 660 g/mol. The van der Waals surface area contributed by atoms with Crippen molar-refractivity contribution in [2.75, 3.05) is 30.9 Å². The van der Waals surface area contributed by atoms with E-state index < -0.39 is 68.6 Å². The van der Waals surface area contributed by atoms with E-state index in [9.17, 15) is 28.7 Å². The Morgan fingerprint density at radius 1 is 0.875 bits per heavy atom. The summed E-state index contributed by atoms with van der Waals surface area (Å²) in [6.07, 6.45) is 1.74. The lowest BCUT2D eigenvalue weighted by atomic mass is 9.56. The molecule has 0 bridgehead atoms. The van der Waals surface area contributed by atoms with Crippen LogP contribution in [0.3, 0.4) is 0 Å². The third-order valence-corrected chi connectivity index (χ3v) is 11.5. The third-order valence-electron chi connectivity index (χ3n) is 10.1. The van der Waals surface area contributed by atoms with Gasteiger partial charge in [0.05, 0.1) is 28.9 Å². The summed E-state index contributed by atoms with van der Waals surface area (Å²) < 4.78 is 14.7. The van der Waals surface area contributed by atoms with Crippen LogP contribution in [0.5, 0.6) is 5.75 Å². The number of aromatic hydroxyl groups is 1. The highest BCUT2D eigenvalue weighted by Gasteiger charge is 2.75. The summed E-state index contributed by atoms with van der Waals surface area (Å²) in [6, 6.07) is 17.7. The number of alkyl halides is 2. The summed E-state index contributed by atoms with van der Waals surface area (Å²) >= 11 is 14.2. The predicted molar refractivity (Wildman–Crippen MR) is 177 cm³/mol. The maximum atomic E-state index is 14.7. The van der Waals surface area contributed by atoms with Gasteiger partial charge in [-0.1, -0.05) is 17.7 Å². The van der Waals surface area contributed by atoms with Gasteiger partial charge < -0.3 is 10.0 Å². The molecule has 2 aliphatic carbocycles. The van der Waals surface area contributed by atoms with E-state index in [1.54, 1.807) is 30.3 Å². The molecule has 2 heterocycles. The zero-order valence-corrected chi connectivity index (χ0v) is 27.6. The molecule has 246 valence electrons. The number of hydrogen-bond acceptors (Lipinski definition) is 8. The number of likely N-dealkylation sites (tertiary alicyclic amines) is 1. The predicted octanol–water partition coefficient (Wildman–Crippen LogP) is 6.21. The van der Waals surface area contributed by atoms with E-state index in [4.69, 9.17) is 23.2 Å². The van der Waals surface area contributed by atoms with Gasteiger partial charge in [-0.15, -0.1) is 23.2 Å². The van der Waals surface area contributed by atoms with Gasteiger partial charge in [-0.25, -0.2) is 4.39 Å². The number of phenols is 1. The second-order valence-corrected chi connectivity index (χ2v) is 14.1. The molecule has 1 saturated carbocycles. The molecule has 3 fully saturated rings. The summed E-state index contributed by atoms with van der Waals surface area (Å²) in [5.74, 6) is -7.44. The van der Waals surface area contributed by atoms with Gasteiger partial charge in [0.15, 0.2) is 21.3 Å². The van der Waals surface area contributed by atoms with Gasteiger partial charge in [0, 0.05) is 32.7 Å². The number of rotatable bonds is 5. The number of imide groups is 2. The van der Waals surface area contributed by atoms with E-state index in [0.29, 0.717) is 22.6 Å². The van der Waals surface area contributed by atoms with E-state index >= 15 is 0 Å². The van der Waals surface area contributed by atoms with Crippen molar-refractivity contribution in [3.63, 3.8) is 0 Å². The molecule has 0 aromatic heterocycles. The van der Waals surface area contributed by atoms with Crippen molar-refractivity contribution in [1.82, 2.24) is 4.90 Å². The number of carbonyl (C=O) groups excluding carboxylic acids is 4. The van der Waals surface area contributed by atoms with Crippen LogP contribution in [0.1, 0.15) is 24.3 Å². The smallest absolute Gasteiger partial charge is 0.253 e. The molecule has 2 saturated heterocycles. The summed E-state index contributed by atoms with van der Waals surface area (Å²) in [4.78, 5) is 55.2. The van der Waals surface area contributed by atoms with Crippen LogP contribution in [-0.4, -0.2) is 64.5 Å². The Hall–Kier alpha value is -4.61. The molecule has 0 spiro atoms. The van der Waals surface area contributed by atoms with Gasteiger partial charge >= 0.3 is 0 Å². The number of anilines is 2. The van der Waals surface area contributed by atoms with Gasteiger partial charge in [0.2, 0.25) is 11.8 Å². The fraction of sp³-hybridized carbons (Fsp3) is 0.314. The molecule has 2 aliphatic heterocycles. The molecule has 3 aromatic rings. The number of nitrogens with zero attached hydrogens (tertiary/aromatic N) is 5. The number of azo groups is 1. The molecule has 7 rings (SSSR count). The van der Waals surface area contributed by atoms with E-state index in [1.807, 2.05) is 43.3 Å². The van der Waals surface area contributed by atoms with E-state index in [-0.39, 0.29) is 18.4 Å². The van der Waals surface area contributed by atoms with Crippen molar-refractivity contribution in [3.05, 3.63) is 89.8 Å². The van der Waals surface area contributed by atoms with Gasteiger partial charge in [-0.3, -0.25) is 29.0 Å². The molecule has 1 N–H and O–H groups in total. The number of halogens is 3. The molecule has 10 nitrogen and oxygen atoms in total. The minimum Gasteiger partial charge on any atom is -0.505 e. The molecular formula is C35H30Cl2FN5O5. The van der Waals surface area contributed by atoms with Crippen LogP contribution in [0.2, 0.25) is 0 Å². The monoisotopic (exact) mass is 689 g/mol.